The molecule has 1 atom stereocenters. The summed E-state index contributed by atoms with van der Waals surface area (Å²) in [6.45, 7) is 2.48. The minimum Gasteiger partial charge on any atom is -0.490 e. The molecule has 1 amide bonds. The fourth-order valence-electron chi connectivity index (χ4n) is 4.52. The summed E-state index contributed by atoms with van der Waals surface area (Å²) < 4.78 is 19.7. The van der Waals surface area contributed by atoms with E-state index in [-0.39, 0.29) is 18.1 Å². The number of aryl methyl sites for hydroxylation is 1. The van der Waals surface area contributed by atoms with Crippen molar-refractivity contribution in [2.75, 3.05) is 25.6 Å². The van der Waals surface area contributed by atoms with Gasteiger partial charge in [0.25, 0.3) is 0 Å². The predicted octanol–water partition coefficient (Wildman–Crippen LogP) is 2.76. The number of carbonyl (C=O) groups excluding carboxylic acids is 1. The molecule has 3 aromatic heterocycles. The van der Waals surface area contributed by atoms with Crippen LogP contribution >= 0.6 is 0 Å². The number of nitrogens with one attached hydrogen (secondary N) is 1. The van der Waals surface area contributed by atoms with Crippen LogP contribution < -0.4 is 10.1 Å². The van der Waals surface area contributed by atoms with Gasteiger partial charge in [0.2, 0.25) is 5.91 Å². The van der Waals surface area contributed by atoms with Gasteiger partial charge in [-0.15, -0.1) is 0 Å². The highest BCUT2D eigenvalue weighted by molar-refractivity contribution is 5.98. The molecule has 0 bridgehead atoms. The Balaban J connectivity index is 1.62. The van der Waals surface area contributed by atoms with E-state index >= 15 is 0 Å². The predicted molar refractivity (Wildman–Crippen MR) is 122 cm³/mol. The third-order valence-corrected chi connectivity index (χ3v) is 6.47. The van der Waals surface area contributed by atoms with Crippen molar-refractivity contribution < 1.29 is 24.1 Å². The number of aromatic nitrogens is 3. The van der Waals surface area contributed by atoms with Crippen LogP contribution in [0.25, 0.3) is 22.2 Å². The molecule has 1 aliphatic carbocycles. The van der Waals surface area contributed by atoms with Crippen LogP contribution in [0.2, 0.25) is 0 Å². The van der Waals surface area contributed by atoms with E-state index in [4.69, 9.17) is 19.2 Å². The number of nitrogens with zero attached hydrogens (tertiary/aromatic N) is 3. The second-order valence-electron chi connectivity index (χ2n) is 8.86. The van der Waals surface area contributed by atoms with Crippen LogP contribution in [0.1, 0.15) is 31.9 Å². The van der Waals surface area contributed by atoms with E-state index in [1.807, 2.05) is 36.0 Å². The maximum absolute atomic E-state index is 11.5. The fourth-order valence-corrected chi connectivity index (χ4v) is 4.52. The first-order valence-electron chi connectivity index (χ1n) is 11.1. The van der Waals surface area contributed by atoms with Crippen LogP contribution in [0.4, 0.5) is 5.82 Å². The summed E-state index contributed by atoms with van der Waals surface area (Å²) in [5.41, 5.74) is 2.66. The molecule has 0 spiro atoms. The van der Waals surface area contributed by atoms with Gasteiger partial charge in [0.05, 0.1) is 35.8 Å². The van der Waals surface area contributed by atoms with Crippen molar-refractivity contribution >= 4 is 22.6 Å². The van der Waals surface area contributed by atoms with Crippen LogP contribution in [-0.2, 0) is 26.9 Å². The van der Waals surface area contributed by atoms with Gasteiger partial charge in [-0.25, -0.2) is 9.97 Å². The van der Waals surface area contributed by atoms with Gasteiger partial charge in [-0.05, 0) is 6.07 Å². The third kappa shape index (κ3) is 4.07. The zero-order valence-electron chi connectivity index (χ0n) is 19.0. The molecule has 9 nitrogen and oxygen atoms in total. The first kappa shape index (κ1) is 21.8. The number of ether oxygens (including phenoxy) is 3. The Morgan fingerprint density at radius 2 is 2.15 bits per heavy atom. The van der Waals surface area contributed by atoms with E-state index in [1.54, 1.807) is 13.3 Å². The Kier molecular flexibility index (Phi) is 5.55. The lowest BCUT2D eigenvalue weighted by Crippen LogP contribution is -2.37. The zero-order chi connectivity index (χ0) is 23.2. The molecule has 2 aliphatic rings. The second kappa shape index (κ2) is 8.40. The van der Waals surface area contributed by atoms with Crippen LogP contribution in [0.3, 0.4) is 0 Å². The molecule has 2 N–H and O–H groups in total. The fraction of sp³-hybridized carbons (Fsp3) is 0.458. The first-order valence-corrected chi connectivity index (χ1v) is 11.1. The number of carbonyl (C=O) groups is 1. The number of aliphatic hydroxyl groups is 1. The Hall–Kier alpha value is -3.01. The molecule has 2 fully saturated rings. The van der Waals surface area contributed by atoms with Crippen molar-refractivity contribution in [3.8, 4) is 17.0 Å². The summed E-state index contributed by atoms with van der Waals surface area (Å²) >= 11 is 0. The van der Waals surface area contributed by atoms with Crippen molar-refractivity contribution in [1.82, 2.24) is 14.5 Å². The molecule has 0 radical (unpaired) electrons. The van der Waals surface area contributed by atoms with Crippen LogP contribution in [0.15, 0.2) is 30.6 Å². The second-order valence-corrected chi connectivity index (χ2v) is 8.86. The molecule has 174 valence electrons. The van der Waals surface area contributed by atoms with Gasteiger partial charge in [0.1, 0.15) is 23.3 Å². The molecule has 3 aromatic rings. The SMILES string of the molecule is CO[C@@]1(c2cc(O[C@H]3C[C@H](O)C3)cc(-c3cn(C)c4cnc(NC(C)=O)cc34)n2)CCOC1. The minimum atomic E-state index is -0.638. The molecule has 4 heterocycles. The van der Waals surface area contributed by atoms with E-state index < -0.39 is 5.60 Å². The molecule has 9 heteroatoms. The number of anilines is 1. The van der Waals surface area contributed by atoms with Crippen molar-refractivity contribution in [2.24, 2.45) is 7.05 Å². The standard InChI is InChI=1S/C24H28N4O5/c1-14(29)26-23-10-18-19(12-28(2)21(18)11-25-23)20-8-17(33-16-6-15(30)7-16)9-22(27-20)24(31-3)4-5-32-13-24/h8-12,15-16,30H,4-7,13H2,1-3H3,(H,25,26,29)/t15-,16-,24-/m0/s1. The van der Waals surface area contributed by atoms with Gasteiger partial charge in [-0.2, -0.15) is 0 Å². The zero-order valence-corrected chi connectivity index (χ0v) is 19.0. The van der Waals surface area contributed by atoms with Gasteiger partial charge in [-0.3, -0.25) is 4.79 Å². The molecule has 1 aliphatic heterocycles. The Morgan fingerprint density at radius 1 is 1.33 bits per heavy atom. The highest BCUT2D eigenvalue weighted by Gasteiger charge is 2.39. The maximum Gasteiger partial charge on any atom is 0.222 e. The maximum atomic E-state index is 11.5. The number of methoxy groups -OCH3 is 1. The lowest BCUT2D eigenvalue weighted by Gasteiger charge is -2.32. The lowest BCUT2D eigenvalue weighted by molar-refractivity contribution is -0.114. The summed E-state index contributed by atoms with van der Waals surface area (Å²) in [7, 11) is 3.62. The van der Waals surface area contributed by atoms with Crippen LogP contribution in [-0.4, -0.2) is 58.1 Å². The average Bonchev–Trinajstić information content (AvgIpc) is 3.38. The van der Waals surface area contributed by atoms with Crippen molar-refractivity contribution in [2.45, 2.75) is 44.0 Å². The van der Waals surface area contributed by atoms with Gasteiger partial charge < -0.3 is 29.2 Å². The largest absolute Gasteiger partial charge is 0.490 e. The number of rotatable bonds is 6. The lowest BCUT2D eigenvalue weighted by atomic mass is 9.92. The number of aliphatic hydroxyl groups excluding tert-OH is 1. The third-order valence-electron chi connectivity index (χ3n) is 6.47. The molecular formula is C24H28N4O5. The summed E-state index contributed by atoms with van der Waals surface area (Å²) in [4.78, 5) is 20.9. The highest BCUT2D eigenvalue weighted by atomic mass is 16.5. The Labute approximate surface area is 191 Å². The Morgan fingerprint density at radius 3 is 2.82 bits per heavy atom. The minimum absolute atomic E-state index is 0.0236. The molecule has 0 unspecified atom stereocenters. The normalized spacial score (nSPS) is 24.6. The van der Waals surface area contributed by atoms with Gasteiger partial charge in [0, 0.05) is 76.2 Å². The summed E-state index contributed by atoms with van der Waals surface area (Å²) in [6, 6.07) is 5.69. The Bertz CT molecular complexity index is 1200. The molecular weight excluding hydrogens is 424 g/mol. The topological polar surface area (TPSA) is 108 Å². The monoisotopic (exact) mass is 452 g/mol. The van der Waals surface area contributed by atoms with E-state index in [1.165, 1.54) is 6.92 Å². The molecule has 1 saturated heterocycles. The molecule has 5 rings (SSSR count). The van der Waals surface area contributed by atoms with E-state index in [0.717, 1.165) is 27.9 Å². The molecule has 1 saturated carbocycles. The number of amides is 1. The first-order chi connectivity index (χ1) is 15.9. The number of pyridine rings is 2. The van der Waals surface area contributed by atoms with Gasteiger partial charge in [-0.1, -0.05) is 0 Å². The van der Waals surface area contributed by atoms with Crippen LogP contribution in [0, 0.1) is 0 Å². The van der Waals surface area contributed by atoms with Crippen molar-refractivity contribution in [1.29, 1.82) is 0 Å². The molecule has 33 heavy (non-hydrogen) atoms. The quantitative estimate of drug-likeness (QED) is 0.592. The van der Waals surface area contributed by atoms with Crippen LogP contribution in [0.5, 0.6) is 5.75 Å². The smallest absolute Gasteiger partial charge is 0.222 e. The van der Waals surface area contributed by atoms with Gasteiger partial charge >= 0.3 is 0 Å². The van der Waals surface area contributed by atoms with E-state index in [9.17, 15) is 9.90 Å². The van der Waals surface area contributed by atoms with Crippen molar-refractivity contribution in [3.63, 3.8) is 0 Å². The van der Waals surface area contributed by atoms with Gasteiger partial charge in [0.15, 0.2) is 0 Å². The number of hydrogen-bond acceptors (Lipinski definition) is 7. The van der Waals surface area contributed by atoms with Crippen molar-refractivity contribution in [3.05, 3.63) is 36.3 Å². The summed E-state index contributed by atoms with van der Waals surface area (Å²) in [5, 5.41) is 13.3. The summed E-state index contributed by atoms with van der Waals surface area (Å²) in [5.74, 6) is 0.987. The number of fused-ring (bicyclic) bond motifs is 1. The number of hydrogen-bond donors (Lipinski definition) is 2. The van der Waals surface area contributed by atoms with E-state index in [0.29, 0.717) is 44.0 Å². The highest BCUT2D eigenvalue weighted by Crippen LogP contribution is 2.39. The average molecular weight is 453 g/mol. The van der Waals surface area contributed by atoms with E-state index in [2.05, 4.69) is 10.3 Å². The summed E-state index contributed by atoms with van der Waals surface area (Å²) in [6.07, 6.45) is 5.34. The molecule has 0 aromatic carbocycles.